The zero-order chi connectivity index (χ0) is 21.9. The van der Waals surface area contributed by atoms with Crippen LogP contribution in [0, 0.1) is 0 Å². The molecule has 1 saturated carbocycles. The lowest BCUT2D eigenvalue weighted by Crippen LogP contribution is -2.05. The lowest BCUT2D eigenvalue weighted by atomic mass is 9.84. The van der Waals surface area contributed by atoms with Gasteiger partial charge in [0.1, 0.15) is 12.4 Å². The van der Waals surface area contributed by atoms with Crippen LogP contribution in [0.5, 0.6) is 5.75 Å². The topological polar surface area (TPSA) is 66.8 Å². The van der Waals surface area contributed by atoms with Gasteiger partial charge in [0.25, 0.3) is 0 Å². The van der Waals surface area contributed by atoms with Crippen molar-refractivity contribution < 1.29 is 19.7 Å². The predicted molar refractivity (Wildman–Crippen MR) is 124 cm³/mol. The summed E-state index contributed by atoms with van der Waals surface area (Å²) in [5.74, 6) is 0.707. The molecule has 1 fully saturated rings. The number of carbonyl (C=O) groups is 1. The molecule has 1 atom stereocenters. The number of para-hydroxylation sites is 1. The number of ether oxygens (including phenoxy) is 1. The van der Waals surface area contributed by atoms with Crippen LogP contribution in [0.3, 0.4) is 0 Å². The Balaban J connectivity index is 1.51. The molecule has 2 aromatic rings. The first-order valence-corrected chi connectivity index (χ1v) is 11.5. The van der Waals surface area contributed by atoms with Gasteiger partial charge in [0.2, 0.25) is 0 Å². The van der Waals surface area contributed by atoms with E-state index in [2.05, 4.69) is 24.3 Å². The number of aliphatic hydroxyl groups excluding tert-OH is 1. The lowest BCUT2D eigenvalue weighted by molar-refractivity contribution is -0.137. The number of unbranched alkanes of at least 4 members (excludes halogenated alkanes) is 1. The standard InChI is InChI=1S/C27H34O4/c28-25(11-5-7-13-27(29)30)19-18-24-10-4-6-12-26(24)31-20-21-14-16-23(17-15-21)22-8-2-1-3-9-22/h4,6,10,12,14-19,22,25,28H,1-3,5,7-9,11,13,20H2,(H,29,30). The van der Waals surface area contributed by atoms with E-state index in [1.807, 2.05) is 30.3 Å². The molecule has 0 spiro atoms. The SMILES string of the molecule is O=C(O)CCCCC(O)C=Cc1ccccc1OCc1ccc(C2CCCCC2)cc1. The third-order valence-corrected chi connectivity index (χ3v) is 6.01. The smallest absolute Gasteiger partial charge is 0.303 e. The van der Waals surface area contributed by atoms with Gasteiger partial charge in [0.05, 0.1) is 6.10 Å². The molecular formula is C27H34O4. The Kier molecular flexibility index (Phi) is 9.16. The van der Waals surface area contributed by atoms with E-state index >= 15 is 0 Å². The van der Waals surface area contributed by atoms with E-state index in [-0.39, 0.29) is 6.42 Å². The highest BCUT2D eigenvalue weighted by Gasteiger charge is 2.15. The fourth-order valence-corrected chi connectivity index (χ4v) is 4.17. The maximum absolute atomic E-state index is 10.6. The first kappa shape index (κ1) is 23.1. The third-order valence-electron chi connectivity index (χ3n) is 6.01. The summed E-state index contributed by atoms with van der Waals surface area (Å²) in [5, 5.41) is 18.8. The Morgan fingerprint density at radius 1 is 1.03 bits per heavy atom. The fraction of sp³-hybridized carbons (Fsp3) is 0.444. The van der Waals surface area contributed by atoms with E-state index in [9.17, 15) is 9.90 Å². The van der Waals surface area contributed by atoms with Gasteiger partial charge in [0.15, 0.2) is 0 Å². The van der Waals surface area contributed by atoms with Crippen LogP contribution >= 0.6 is 0 Å². The summed E-state index contributed by atoms with van der Waals surface area (Å²) in [6.07, 6.45) is 11.7. The van der Waals surface area contributed by atoms with Crippen molar-refractivity contribution in [1.29, 1.82) is 0 Å². The highest BCUT2D eigenvalue weighted by molar-refractivity contribution is 5.66. The Morgan fingerprint density at radius 3 is 2.52 bits per heavy atom. The molecule has 31 heavy (non-hydrogen) atoms. The van der Waals surface area contributed by atoms with Crippen molar-refractivity contribution in [2.75, 3.05) is 0 Å². The molecule has 166 valence electrons. The maximum atomic E-state index is 10.6. The van der Waals surface area contributed by atoms with Crippen molar-refractivity contribution >= 4 is 12.0 Å². The average molecular weight is 423 g/mol. The molecule has 0 saturated heterocycles. The molecule has 0 aliphatic heterocycles. The number of aliphatic carboxylic acids is 1. The van der Waals surface area contributed by atoms with Crippen molar-refractivity contribution in [1.82, 2.24) is 0 Å². The molecule has 1 unspecified atom stereocenters. The second kappa shape index (κ2) is 12.3. The van der Waals surface area contributed by atoms with E-state index in [1.165, 1.54) is 37.7 Å². The summed E-state index contributed by atoms with van der Waals surface area (Å²) >= 11 is 0. The molecule has 0 bridgehead atoms. The van der Waals surface area contributed by atoms with Gasteiger partial charge >= 0.3 is 5.97 Å². The Morgan fingerprint density at radius 2 is 1.77 bits per heavy atom. The summed E-state index contributed by atoms with van der Waals surface area (Å²) in [6.45, 7) is 0.507. The molecule has 0 heterocycles. The van der Waals surface area contributed by atoms with Gasteiger partial charge in [0, 0.05) is 12.0 Å². The minimum absolute atomic E-state index is 0.148. The maximum Gasteiger partial charge on any atom is 0.303 e. The molecule has 3 rings (SSSR count). The van der Waals surface area contributed by atoms with Crippen LogP contribution in [0.2, 0.25) is 0 Å². The monoisotopic (exact) mass is 422 g/mol. The number of rotatable bonds is 11. The van der Waals surface area contributed by atoms with Crippen LogP contribution in [0.1, 0.15) is 80.4 Å². The van der Waals surface area contributed by atoms with Gasteiger partial charge in [-0.05, 0) is 55.2 Å². The summed E-state index contributed by atoms with van der Waals surface area (Å²) < 4.78 is 6.07. The quantitative estimate of drug-likeness (QED) is 0.415. The molecule has 1 aliphatic carbocycles. The predicted octanol–water partition coefficient (Wildman–Crippen LogP) is 6.33. The Bertz CT molecular complexity index is 835. The van der Waals surface area contributed by atoms with E-state index in [1.54, 1.807) is 6.08 Å². The molecule has 0 radical (unpaired) electrons. The van der Waals surface area contributed by atoms with Gasteiger partial charge in [-0.15, -0.1) is 0 Å². The molecule has 1 aliphatic rings. The second-order valence-corrected chi connectivity index (χ2v) is 8.47. The van der Waals surface area contributed by atoms with Gasteiger partial charge in [-0.2, -0.15) is 0 Å². The summed E-state index contributed by atoms with van der Waals surface area (Å²) in [4.78, 5) is 10.6. The van der Waals surface area contributed by atoms with Crippen molar-refractivity contribution in [2.45, 2.75) is 76.4 Å². The lowest BCUT2D eigenvalue weighted by Gasteiger charge is -2.22. The number of hydrogen-bond donors (Lipinski definition) is 2. The zero-order valence-corrected chi connectivity index (χ0v) is 18.2. The van der Waals surface area contributed by atoms with Crippen LogP contribution in [-0.2, 0) is 11.4 Å². The van der Waals surface area contributed by atoms with Gasteiger partial charge < -0.3 is 14.9 Å². The van der Waals surface area contributed by atoms with E-state index in [0.29, 0.717) is 31.8 Å². The normalized spacial score (nSPS) is 15.8. The van der Waals surface area contributed by atoms with E-state index < -0.39 is 12.1 Å². The third kappa shape index (κ3) is 7.87. The number of carboxylic acids is 1. The molecule has 0 amide bonds. The van der Waals surface area contributed by atoms with Gasteiger partial charge in [-0.3, -0.25) is 4.79 Å². The van der Waals surface area contributed by atoms with Crippen LogP contribution in [-0.4, -0.2) is 22.3 Å². The van der Waals surface area contributed by atoms with Crippen LogP contribution < -0.4 is 4.74 Å². The molecule has 2 N–H and O–H groups in total. The number of benzene rings is 2. The minimum Gasteiger partial charge on any atom is -0.488 e. The van der Waals surface area contributed by atoms with Crippen LogP contribution in [0.25, 0.3) is 6.08 Å². The zero-order valence-electron chi connectivity index (χ0n) is 18.2. The van der Waals surface area contributed by atoms with Crippen LogP contribution in [0.15, 0.2) is 54.6 Å². The second-order valence-electron chi connectivity index (χ2n) is 8.47. The highest BCUT2D eigenvalue weighted by atomic mass is 16.5. The molecule has 0 aromatic heterocycles. The summed E-state index contributed by atoms with van der Waals surface area (Å²) in [5.41, 5.74) is 3.52. The molecule has 2 aromatic carbocycles. The number of aliphatic hydroxyl groups is 1. The van der Waals surface area contributed by atoms with Gasteiger partial charge in [-0.1, -0.05) is 73.9 Å². The summed E-state index contributed by atoms with van der Waals surface area (Å²) in [6, 6.07) is 16.6. The molecule has 4 nitrogen and oxygen atoms in total. The van der Waals surface area contributed by atoms with E-state index in [4.69, 9.17) is 9.84 Å². The number of carboxylic acid groups (broad SMARTS) is 1. The highest BCUT2D eigenvalue weighted by Crippen LogP contribution is 2.32. The van der Waals surface area contributed by atoms with Gasteiger partial charge in [-0.25, -0.2) is 0 Å². The Hall–Kier alpha value is -2.59. The van der Waals surface area contributed by atoms with Crippen molar-refractivity contribution in [3.8, 4) is 5.75 Å². The first-order chi connectivity index (χ1) is 15.1. The van der Waals surface area contributed by atoms with Crippen molar-refractivity contribution in [3.05, 3.63) is 71.3 Å². The largest absolute Gasteiger partial charge is 0.488 e. The number of hydrogen-bond acceptors (Lipinski definition) is 3. The van der Waals surface area contributed by atoms with Crippen LogP contribution in [0.4, 0.5) is 0 Å². The first-order valence-electron chi connectivity index (χ1n) is 11.5. The van der Waals surface area contributed by atoms with Crippen molar-refractivity contribution in [3.63, 3.8) is 0 Å². The molecule has 4 heteroatoms. The van der Waals surface area contributed by atoms with Crippen molar-refractivity contribution in [2.24, 2.45) is 0 Å². The summed E-state index contributed by atoms with van der Waals surface area (Å²) in [7, 11) is 0. The Labute approximate surface area is 185 Å². The minimum atomic E-state index is -0.792. The fourth-order valence-electron chi connectivity index (χ4n) is 4.17. The molecular weight excluding hydrogens is 388 g/mol. The average Bonchev–Trinajstić information content (AvgIpc) is 2.80. The van der Waals surface area contributed by atoms with E-state index in [0.717, 1.165) is 16.9 Å².